The number of nitrogen functional groups attached to an aromatic ring is 1. The summed E-state index contributed by atoms with van der Waals surface area (Å²) in [7, 11) is 1.79. The lowest BCUT2D eigenvalue weighted by Crippen LogP contribution is -2.35. The second kappa shape index (κ2) is 8.09. The fraction of sp³-hybridized carbons (Fsp3) is 0.316. The Hall–Kier alpha value is -2.75. The van der Waals surface area contributed by atoms with Crippen molar-refractivity contribution in [3.05, 3.63) is 47.9 Å². The third kappa shape index (κ3) is 4.22. The van der Waals surface area contributed by atoms with Gasteiger partial charge in [-0.1, -0.05) is 29.5 Å². The monoisotopic (exact) mass is 398 g/mol. The predicted molar refractivity (Wildman–Crippen MR) is 109 cm³/mol. The van der Waals surface area contributed by atoms with Gasteiger partial charge in [-0.2, -0.15) is 5.10 Å². The van der Waals surface area contributed by atoms with E-state index in [1.54, 1.807) is 24.1 Å². The minimum absolute atomic E-state index is 0.238. The molecule has 1 aromatic carbocycles. The van der Waals surface area contributed by atoms with E-state index in [-0.39, 0.29) is 11.6 Å². The van der Waals surface area contributed by atoms with Crippen molar-refractivity contribution >= 4 is 27.9 Å². The minimum Gasteiger partial charge on any atom is -0.389 e. The lowest BCUT2D eigenvalue weighted by molar-refractivity contribution is 0.0342. The van der Waals surface area contributed by atoms with Crippen molar-refractivity contribution in [1.29, 1.82) is 0 Å². The van der Waals surface area contributed by atoms with Gasteiger partial charge in [0.15, 0.2) is 5.69 Å². The highest BCUT2D eigenvalue weighted by Crippen LogP contribution is 2.31. The Morgan fingerprint density at radius 3 is 2.93 bits per heavy atom. The van der Waals surface area contributed by atoms with Crippen molar-refractivity contribution < 1.29 is 9.53 Å². The molecule has 3 aromatic rings. The number of hydrogen-bond donors (Lipinski definition) is 2. The van der Waals surface area contributed by atoms with Crippen molar-refractivity contribution in [2.45, 2.75) is 6.54 Å². The van der Waals surface area contributed by atoms with Crippen molar-refractivity contribution in [2.75, 3.05) is 37.4 Å². The largest absolute Gasteiger partial charge is 0.389 e. The second-order valence-corrected chi connectivity index (χ2v) is 7.71. The van der Waals surface area contributed by atoms with Crippen molar-refractivity contribution in [2.24, 2.45) is 7.05 Å². The summed E-state index contributed by atoms with van der Waals surface area (Å²) in [5, 5.41) is 7.94. The van der Waals surface area contributed by atoms with Gasteiger partial charge in [-0.05, 0) is 11.6 Å². The zero-order valence-electron chi connectivity index (χ0n) is 15.6. The van der Waals surface area contributed by atoms with Gasteiger partial charge in [0.1, 0.15) is 10.0 Å². The summed E-state index contributed by atoms with van der Waals surface area (Å²) in [6.07, 6.45) is 3.30. The number of amides is 1. The Morgan fingerprint density at radius 1 is 1.36 bits per heavy atom. The van der Waals surface area contributed by atoms with Crippen LogP contribution in [0.3, 0.4) is 0 Å². The third-order valence-corrected chi connectivity index (χ3v) is 5.45. The average molecular weight is 398 g/mol. The molecule has 3 heterocycles. The van der Waals surface area contributed by atoms with Gasteiger partial charge in [-0.15, -0.1) is 0 Å². The second-order valence-electron chi connectivity index (χ2n) is 6.68. The third-order valence-electron chi connectivity index (χ3n) is 4.52. The molecule has 8 nitrogen and oxygen atoms in total. The van der Waals surface area contributed by atoms with Crippen LogP contribution < -0.4 is 11.1 Å². The van der Waals surface area contributed by atoms with Crippen LogP contribution in [0.5, 0.6) is 0 Å². The summed E-state index contributed by atoms with van der Waals surface area (Å²) in [5.41, 5.74) is 9.09. The summed E-state index contributed by atoms with van der Waals surface area (Å²) in [4.78, 5) is 19.4. The first kappa shape index (κ1) is 18.6. The zero-order valence-corrected chi connectivity index (χ0v) is 16.4. The first-order valence-corrected chi connectivity index (χ1v) is 9.86. The molecule has 0 aliphatic carbocycles. The van der Waals surface area contributed by atoms with Crippen LogP contribution in [0.15, 0.2) is 36.7 Å². The van der Waals surface area contributed by atoms with E-state index in [4.69, 9.17) is 10.5 Å². The number of carbonyl (C=O) groups excluding carboxylic acids is 1. The van der Waals surface area contributed by atoms with E-state index < -0.39 is 0 Å². The summed E-state index contributed by atoms with van der Waals surface area (Å²) in [6.45, 7) is 4.29. The van der Waals surface area contributed by atoms with Crippen LogP contribution in [-0.2, 0) is 18.3 Å². The van der Waals surface area contributed by atoms with E-state index >= 15 is 0 Å². The summed E-state index contributed by atoms with van der Waals surface area (Å²) in [6, 6.07) is 8.21. The number of nitrogens with zero attached hydrogens (tertiary/aromatic N) is 4. The molecule has 1 aliphatic heterocycles. The molecule has 1 aliphatic rings. The fourth-order valence-electron chi connectivity index (χ4n) is 3.11. The van der Waals surface area contributed by atoms with Gasteiger partial charge in [-0.25, -0.2) is 4.98 Å². The van der Waals surface area contributed by atoms with Gasteiger partial charge in [0.25, 0.3) is 5.91 Å². The van der Waals surface area contributed by atoms with E-state index in [0.717, 1.165) is 43.4 Å². The number of anilines is 2. The number of nitrogens with two attached hydrogens (primary N) is 1. The van der Waals surface area contributed by atoms with Crippen LogP contribution in [0.1, 0.15) is 16.1 Å². The zero-order chi connectivity index (χ0) is 19.5. The molecule has 0 spiro atoms. The van der Waals surface area contributed by atoms with Crippen molar-refractivity contribution in [1.82, 2.24) is 19.7 Å². The molecule has 0 atom stereocenters. The van der Waals surface area contributed by atoms with E-state index in [1.807, 2.05) is 12.1 Å². The van der Waals surface area contributed by atoms with Crippen LogP contribution in [0, 0.1) is 0 Å². The molecule has 0 unspecified atom stereocenters. The summed E-state index contributed by atoms with van der Waals surface area (Å²) < 4.78 is 7.02. The van der Waals surface area contributed by atoms with E-state index in [2.05, 4.69) is 32.4 Å². The van der Waals surface area contributed by atoms with Crippen LogP contribution in [-0.4, -0.2) is 51.9 Å². The quantitative estimate of drug-likeness (QED) is 0.684. The number of thiazole rings is 1. The predicted octanol–water partition coefficient (Wildman–Crippen LogP) is 2.21. The maximum Gasteiger partial charge on any atom is 0.277 e. The SMILES string of the molecule is Cn1cc(NC(=O)c2nc(-c3cccc(CN4CCOCC4)c3)sc2N)cn1. The number of rotatable bonds is 5. The summed E-state index contributed by atoms with van der Waals surface area (Å²) >= 11 is 1.32. The molecule has 1 saturated heterocycles. The highest BCUT2D eigenvalue weighted by atomic mass is 32.1. The molecule has 3 N–H and O–H groups in total. The van der Waals surface area contributed by atoms with Gasteiger partial charge in [0.2, 0.25) is 0 Å². The number of carbonyl (C=O) groups is 1. The number of aryl methyl sites for hydroxylation is 1. The molecule has 2 aromatic heterocycles. The number of aromatic nitrogens is 3. The number of ether oxygens (including phenoxy) is 1. The van der Waals surface area contributed by atoms with Crippen molar-refractivity contribution in [3.63, 3.8) is 0 Å². The smallest absolute Gasteiger partial charge is 0.277 e. The first-order valence-electron chi connectivity index (χ1n) is 9.04. The Labute approximate surface area is 166 Å². The Balaban J connectivity index is 1.51. The van der Waals surface area contributed by atoms with E-state index in [1.165, 1.54) is 16.9 Å². The van der Waals surface area contributed by atoms with Gasteiger partial charge >= 0.3 is 0 Å². The molecular weight excluding hydrogens is 376 g/mol. The van der Waals surface area contributed by atoms with Crippen LogP contribution in [0.25, 0.3) is 10.6 Å². The molecule has 0 bridgehead atoms. The lowest BCUT2D eigenvalue weighted by atomic mass is 10.1. The molecule has 146 valence electrons. The molecule has 1 amide bonds. The van der Waals surface area contributed by atoms with Crippen LogP contribution >= 0.6 is 11.3 Å². The normalized spacial score (nSPS) is 14.9. The van der Waals surface area contributed by atoms with Gasteiger partial charge in [0.05, 0.1) is 25.1 Å². The standard InChI is InChI=1S/C19H22N6O2S/c1-24-12-15(10-21-24)22-18(26)16-17(20)28-19(23-16)14-4-2-3-13(9-14)11-25-5-7-27-8-6-25/h2-4,9-10,12H,5-8,11,20H2,1H3,(H,22,26). The molecular formula is C19H22N6O2S. The molecule has 9 heteroatoms. The number of nitrogens with one attached hydrogen (secondary N) is 1. The Bertz CT molecular complexity index is 976. The highest BCUT2D eigenvalue weighted by molar-refractivity contribution is 7.19. The number of benzene rings is 1. The fourth-order valence-corrected chi connectivity index (χ4v) is 3.94. The molecule has 1 fully saturated rings. The van der Waals surface area contributed by atoms with Gasteiger partial charge in [0, 0.05) is 38.4 Å². The molecule has 0 saturated carbocycles. The number of morpholine rings is 1. The van der Waals surface area contributed by atoms with Crippen molar-refractivity contribution in [3.8, 4) is 10.6 Å². The molecule has 28 heavy (non-hydrogen) atoms. The highest BCUT2D eigenvalue weighted by Gasteiger charge is 2.18. The maximum absolute atomic E-state index is 12.5. The lowest BCUT2D eigenvalue weighted by Gasteiger charge is -2.26. The van der Waals surface area contributed by atoms with Crippen LogP contribution in [0.2, 0.25) is 0 Å². The average Bonchev–Trinajstić information content (AvgIpc) is 3.28. The van der Waals surface area contributed by atoms with Gasteiger partial charge in [-0.3, -0.25) is 14.4 Å². The molecule has 0 radical (unpaired) electrons. The minimum atomic E-state index is -0.336. The maximum atomic E-state index is 12.5. The topological polar surface area (TPSA) is 98.3 Å². The number of hydrogen-bond acceptors (Lipinski definition) is 7. The van der Waals surface area contributed by atoms with E-state index in [9.17, 15) is 4.79 Å². The van der Waals surface area contributed by atoms with Crippen LogP contribution in [0.4, 0.5) is 10.7 Å². The Kier molecular flexibility index (Phi) is 5.38. The summed E-state index contributed by atoms with van der Waals surface area (Å²) in [5.74, 6) is -0.336. The first-order chi connectivity index (χ1) is 13.6. The van der Waals surface area contributed by atoms with Gasteiger partial charge < -0.3 is 15.8 Å². The molecule has 4 rings (SSSR count). The Morgan fingerprint density at radius 2 is 2.18 bits per heavy atom. The van der Waals surface area contributed by atoms with E-state index in [0.29, 0.717) is 10.7 Å².